The first-order valence-corrected chi connectivity index (χ1v) is 6.69. The van der Waals surface area contributed by atoms with E-state index >= 15 is 0 Å². The normalized spacial score (nSPS) is 22.5. The maximum atomic E-state index is 11.3. The molecule has 15 heavy (non-hydrogen) atoms. The van der Waals surface area contributed by atoms with E-state index in [4.69, 9.17) is 0 Å². The number of rotatable bonds is 5. The monoisotopic (exact) mass is 230 g/mol. The quantitative estimate of drug-likeness (QED) is 0.784. The Morgan fingerprint density at radius 3 is 2.07 bits per heavy atom. The first kappa shape index (κ1) is 12.9. The lowest BCUT2D eigenvalue weighted by Gasteiger charge is -2.53. The van der Waals surface area contributed by atoms with Crippen LogP contribution in [-0.2, 0) is 4.79 Å². The predicted molar refractivity (Wildman–Crippen MR) is 65.3 cm³/mol. The largest absolute Gasteiger partial charge is 0.480 e. The van der Waals surface area contributed by atoms with Crippen molar-refractivity contribution >= 4 is 17.7 Å². The Hall–Kier alpha value is -0.180. The van der Waals surface area contributed by atoms with Gasteiger partial charge in [0.15, 0.2) is 0 Å². The molecule has 0 unspecified atom stereocenters. The van der Waals surface area contributed by atoms with Crippen LogP contribution in [0.15, 0.2) is 0 Å². The van der Waals surface area contributed by atoms with Gasteiger partial charge in [-0.3, -0.25) is 4.79 Å². The van der Waals surface area contributed by atoms with Gasteiger partial charge in [-0.05, 0) is 18.3 Å². The summed E-state index contributed by atoms with van der Waals surface area (Å²) in [4.78, 5) is 11.3. The Balaban J connectivity index is 2.71. The fourth-order valence-corrected chi connectivity index (χ4v) is 4.43. The lowest BCUT2D eigenvalue weighted by Crippen LogP contribution is -2.54. The summed E-state index contributed by atoms with van der Waals surface area (Å²) in [6.07, 6.45) is 3.92. The van der Waals surface area contributed by atoms with Crippen molar-refractivity contribution in [3.8, 4) is 0 Å². The lowest BCUT2D eigenvalue weighted by molar-refractivity contribution is -0.147. The van der Waals surface area contributed by atoms with Crippen molar-refractivity contribution in [3.63, 3.8) is 0 Å². The van der Waals surface area contributed by atoms with Gasteiger partial charge in [0.25, 0.3) is 0 Å². The van der Waals surface area contributed by atoms with Crippen LogP contribution in [0.1, 0.15) is 53.4 Å². The van der Waals surface area contributed by atoms with E-state index in [-0.39, 0.29) is 0 Å². The molecule has 1 saturated carbocycles. The summed E-state index contributed by atoms with van der Waals surface area (Å²) in [5.41, 5.74) is 0.306. The molecule has 2 nitrogen and oxygen atoms in total. The Morgan fingerprint density at radius 1 is 1.33 bits per heavy atom. The molecule has 1 N–H and O–H groups in total. The second-order valence-corrected chi connectivity index (χ2v) is 6.99. The van der Waals surface area contributed by atoms with Crippen molar-refractivity contribution in [1.29, 1.82) is 0 Å². The number of thioether (sulfide) groups is 1. The van der Waals surface area contributed by atoms with Crippen molar-refractivity contribution in [2.24, 2.45) is 5.41 Å². The molecule has 88 valence electrons. The van der Waals surface area contributed by atoms with Crippen molar-refractivity contribution in [2.75, 3.05) is 0 Å². The number of carbonyl (C=O) groups is 1. The maximum Gasteiger partial charge on any atom is 0.319 e. The topological polar surface area (TPSA) is 37.3 Å². The number of carboxylic acids is 1. The fraction of sp³-hybridized carbons (Fsp3) is 0.917. The van der Waals surface area contributed by atoms with Crippen LogP contribution in [0.5, 0.6) is 0 Å². The van der Waals surface area contributed by atoms with Crippen LogP contribution in [0.4, 0.5) is 0 Å². The van der Waals surface area contributed by atoms with Crippen LogP contribution in [0.2, 0.25) is 0 Å². The molecule has 0 amide bonds. The van der Waals surface area contributed by atoms with E-state index in [2.05, 4.69) is 27.7 Å². The minimum absolute atomic E-state index is 0.306. The molecular weight excluding hydrogens is 208 g/mol. The summed E-state index contributed by atoms with van der Waals surface area (Å²) in [6, 6.07) is 0. The molecule has 1 fully saturated rings. The molecule has 1 rings (SSSR count). The molecule has 0 spiro atoms. The van der Waals surface area contributed by atoms with Gasteiger partial charge in [-0.25, -0.2) is 0 Å². The molecule has 1 aliphatic rings. The van der Waals surface area contributed by atoms with Crippen LogP contribution in [0.3, 0.4) is 0 Å². The minimum Gasteiger partial charge on any atom is -0.480 e. The minimum atomic E-state index is -0.612. The first-order chi connectivity index (χ1) is 6.90. The van der Waals surface area contributed by atoms with E-state index in [9.17, 15) is 9.90 Å². The van der Waals surface area contributed by atoms with Gasteiger partial charge in [0, 0.05) is 5.25 Å². The van der Waals surface area contributed by atoms with E-state index in [1.54, 1.807) is 11.8 Å². The average molecular weight is 230 g/mol. The third kappa shape index (κ3) is 2.32. The molecule has 1 aliphatic carbocycles. The molecule has 0 aromatic carbocycles. The van der Waals surface area contributed by atoms with Crippen molar-refractivity contribution < 1.29 is 9.90 Å². The van der Waals surface area contributed by atoms with Gasteiger partial charge in [-0.2, -0.15) is 0 Å². The van der Waals surface area contributed by atoms with Gasteiger partial charge in [-0.15, -0.1) is 11.8 Å². The van der Waals surface area contributed by atoms with E-state index in [0.29, 0.717) is 10.7 Å². The summed E-state index contributed by atoms with van der Waals surface area (Å²) in [5.74, 6) is -0.612. The van der Waals surface area contributed by atoms with Gasteiger partial charge in [0.05, 0.1) is 0 Å². The second kappa shape index (κ2) is 4.36. The molecule has 0 aromatic heterocycles. The zero-order valence-electron chi connectivity index (χ0n) is 10.2. The highest BCUT2D eigenvalue weighted by Crippen LogP contribution is 2.60. The van der Waals surface area contributed by atoms with Crippen molar-refractivity contribution in [2.45, 2.75) is 63.4 Å². The maximum absolute atomic E-state index is 11.3. The van der Waals surface area contributed by atoms with Crippen LogP contribution < -0.4 is 0 Å². The number of carboxylic acid groups (broad SMARTS) is 1. The van der Waals surface area contributed by atoms with Crippen molar-refractivity contribution in [1.82, 2.24) is 0 Å². The van der Waals surface area contributed by atoms with Crippen LogP contribution in [-0.4, -0.2) is 21.1 Å². The summed E-state index contributed by atoms with van der Waals surface area (Å²) in [7, 11) is 0. The second-order valence-electron chi connectivity index (χ2n) is 5.03. The average Bonchev–Trinajstić information content (AvgIpc) is 2.09. The highest BCUT2D eigenvalue weighted by atomic mass is 32.2. The van der Waals surface area contributed by atoms with Crippen LogP contribution in [0, 0.1) is 5.41 Å². The summed E-state index contributed by atoms with van der Waals surface area (Å²) >= 11 is 1.63. The van der Waals surface area contributed by atoms with Crippen LogP contribution in [0.25, 0.3) is 0 Å². The molecule has 0 atom stereocenters. The summed E-state index contributed by atoms with van der Waals surface area (Å²) < 4.78 is -0.486. The number of hydrogen-bond acceptors (Lipinski definition) is 2. The number of hydrogen-bond donors (Lipinski definition) is 1. The van der Waals surface area contributed by atoms with Gasteiger partial charge in [0.2, 0.25) is 0 Å². The van der Waals surface area contributed by atoms with Gasteiger partial charge in [-0.1, -0.05) is 40.5 Å². The van der Waals surface area contributed by atoms with E-state index in [0.717, 1.165) is 25.7 Å². The molecule has 0 heterocycles. The Labute approximate surface area is 96.8 Å². The molecule has 0 radical (unpaired) electrons. The Kier molecular flexibility index (Phi) is 3.75. The molecule has 0 bridgehead atoms. The van der Waals surface area contributed by atoms with Gasteiger partial charge < -0.3 is 5.11 Å². The van der Waals surface area contributed by atoms with Gasteiger partial charge in [0.1, 0.15) is 4.75 Å². The molecule has 0 aliphatic heterocycles. The third-order valence-corrected chi connectivity index (χ3v) is 5.06. The Bertz CT molecular complexity index is 236. The SMILES string of the molecule is CCC1(CC)CC(SC(C)C)(C(=O)O)C1. The zero-order valence-corrected chi connectivity index (χ0v) is 11.0. The predicted octanol–water partition coefficient (Wildman–Crippen LogP) is 3.55. The smallest absolute Gasteiger partial charge is 0.319 e. The molecule has 0 aromatic rings. The molecular formula is C12H22O2S. The van der Waals surface area contributed by atoms with Gasteiger partial charge >= 0.3 is 5.97 Å². The number of aliphatic carboxylic acids is 1. The Morgan fingerprint density at radius 2 is 1.80 bits per heavy atom. The van der Waals surface area contributed by atoms with E-state index in [1.807, 2.05) is 0 Å². The third-order valence-electron chi connectivity index (χ3n) is 3.67. The summed E-state index contributed by atoms with van der Waals surface area (Å²) in [6.45, 7) is 8.51. The molecule has 0 saturated heterocycles. The van der Waals surface area contributed by atoms with E-state index < -0.39 is 10.7 Å². The van der Waals surface area contributed by atoms with Crippen molar-refractivity contribution in [3.05, 3.63) is 0 Å². The molecule has 3 heteroatoms. The lowest BCUT2D eigenvalue weighted by atomic mass is 9.58. The fourth-order valence-electron chi connectivity index (χ4n) is 2.65. The summed E-state index contributed by atoms with van der Waals surface area (Å²) in [5, 5.41) is 9.73. The highest BCUT2D eigenvalue weighted by molar-refractivity contribution is 8.02. The zero-order chi connectivity index (χ0) is 11.7. The van der Waals surface area contributed by atoms with E-state index in [1.165, 1.54) is 0 Å². The first-order valence-electron chi connectivity index (χ1n) is 5.81. The standard InChI is InChI=1S/C12H22O2S/c1-5-11(6-2)7-12(8-11,10(13)14)15-9(3)4/h9H,5-8H2,1-4H3,(H,13,14). The van der Waals surface area contributed by atoms with Crippen LogP contribution >= 0.6 is 11.8 Å². The highest BCUT2D eigenvalue weighted by Gasteiger charge is 2.57.